The molecule has 0 unspecified atom stereocenters. The molecule has 0 atom stereocenters. The van der Waals surface area contributed by atoms with Gasteiger partial charge in [0.2, 0.25) is 0 Å². The number of carbonyl (C=O) groups excluding carboxylic acids is 2. The van der Waals surface area contributed by atoms with Crippen molar-refractivity contribution in [2.45, 2.75) is 20.5 Å². The predicted molar refractivity (Wildman–Crippen MR) is 119 cm³/mol. The summed E-state index contributed by atoms with van der Waals surface area (Å²) in [4.78, 5) is 24.3. The molecule has 0 saturated heterocycles. The van der Waals surface area contributed by atoms with Gasteiger partial charge in [0.05, 0.1) is 13.7 Å². The van der Waals surface area contributed by atoms with Crippen molar-refractivity contribution in [1.82, 2.24) is 0 Å². The van der Waals surface area contributed by atoms with Gasteiger partial charge in [0, 0.05) is 22.4 Å². The van der Waals surface area contributed by atoms with E-state index in [4.69, 9.17) is 14.2 Å². The monoisotopic (exact) mass is 419 g/mol. The van der Waals surface area contributed by atoms with Gasteiger partial charge in [0.15, 0.2) is 5.78 Å². The third-order valence-electron chi connectivity index (χ3n) is 4.60. The minimum atomic E-state index is -0.283. The molecule has 3 rings (SSSR count). The maximum absolute atomic E-state index is 12.8. The zero-order chi connectivity index (χ0) is 22.2. The van der Waals surface area contributed by atoms with E-state index in [1.165, 1.54) is 6.92 Å². The maximum atomic E-state index is 12.8. The lowest BCUT2D eigenvalue weighted by atomic mass is 10.1. The number of anilines is 1. The first-order chi connectivity index (χ1) is 15.0. The lowest BCUT2D eigenvalue weighted by Crippen LogP contribution is -2.13. The topological polar surface area (TPSA) is 73.9 Å². The SMILES string of the molecule is CCOc1ccc(C(=O)Nc2cccc(C(C)=O)c2)cc1COc1ccc(OC)cc1. The van der Waals surface area contributed by atoms with E-state index in [1.54, 1.807) is 49.6 Å². The van der Waals surface area contributed by atoms with E-state index in [2.05, 4.69) is 5.32 Å². The molecule has 0 spiro atoms. The minimum Gasteiger partial charge on any atom is -0.497 e. The van der Waals surface area contributed by atoms with Crippen LogP contribution in [0, 0.1) is 0 Å². The van der Waals surface area contributed by atoms with Gasteiger partial charge in [-0.15, -0.1) is 0 Å². The van der Waals surface area contributed by atoms with E-state index in [9.17, 15) is 9.59 Å². The van der Waals surface area contributed by atoms with Crippen LogP contribution in [-0.2, 0) is 6.61 Å². The van der Waals surface area contributed by atoms with Gasteiger partial charge in [-0.3, -0.25) is 9.59 Å². The van der Waals surface area contributed by atoms with Crippen molar-refractivity contribution in [2.75, 3.05) is 19.0 Å². The first kappa shape index (κ1) is 21.9. The number of nitrogens with one attached hydrogen (secondary N) is 1. The third kappa shape index (κ3) is 5.85. The smallest absolute Gasteiger partial charge is 0.255 e. The lowest BCUT2D eigenvalue weighted by molar-refractivity contribution is 0.101. The molecule has 0 aromatic heterocycles. The van der Waals surface area contributed by atoms with Crippen LogP contribution in [0.15, 0.2) is 66.7 Å². The van der Waals surface area contributed by atoms with Crippen molar-refractivity contribution in [3.8, 4) is 17.2 Å². The lowest BCUT2D eigenvalue weighted by Gasteiger charge is -2.14. The van der Waals surface area contributed by atoms with E-state index in [-0.39, 0.29) is 18.3 Å². The standard InChI is InChI=1S/C25H25NO5/c1-4-30-24-13-8-19(25(28)26-21-7-5-6-18(15-21)17(2)27)14-20(24)16-31-23-11-9-22(29-3)10-12-23/h5-15H,4,16H2,1-3H3,(H,26,28). The van der Waals surface area contributed by atoms with E-state index in [1.807, 2.05) is 31.2 Å². The number of methoxy groups -OCH3 is 1. The molecule has 0 saturated carbocycles. The number of amides is 1. The zero-order valence-electron chi connectivity index (χ0n) is 17.8. The average Bonchev–Trinajstić information content (AvgIpc) is 2.79. The number of hydrogen-bond donors (Lipinski definition) is 1. The van der Waals surface area contributed by atoms with Crippen molar-refractivity contribution < 1.29 is 23.8 Å². The van der Waals surface area contributed by atoms with Crippen LogP contribution in [0.4, 0.5) is 5.69 Å². The minimum absolute atomic E-state index is 0.0601. The molecule has 0 radical (unpaired) electrons. The summed E-state index contributed by atoms with van der Waals surface area (Å²) in [5, 5.41) is 2.83. The fraction of sp³-hybridized carbons (Fsp3) is 0.200. The van der Waals surface area contributed by atoms with Crippen LogP contribution in [0.2, 0.25) is 0 Å². The Balaban J connectivity index is 1.77. The quantitative estimate of drug-likeness (QED) is 0.487. The molecule has 1 amide bonds. The van der Waals surface area contributed by atoms with Gasteiger partial charge in [0.25, 0.3) is 5.91 Å². The molecule has 31 heavy (non-hydrogen) atoms. The highest BCUT2D eigenvalue weighted by atomic mass is 16.5. The van der Waals surface area contributed by atoms with E-state index in [0.29, 0.717) is 34.9 Å². The molecule has 0 bridgehead atoms. The molecular formula is C25H25NO5. The van der Waals surface area contributed by atoms with Crippen LogP contribution < -0.4 is 19.5 Å². The van der Waals surface area contributed by atoms with Gasteiger partial charge in [-0.2, -0.15) is 0 Å². The molecule has 0 aliphatic rings. The molecule has 0 heterocycles. The Morgan fingerprint density at radius 2 is 1.61 bits per heavy atom. The molecule has 0 aliphatic carbocycles. The molecular weight excluding hydrogens is 394 g/mol. The van der Waals surface area contributed by atoms with Gasteiger partial charge in [-0.05, 0) is 68.4 Å². The summed E-state index contributed by atoms with van der Waals surface area (Å²) in [6.45, 7) is 4.13. The van der Waals surface area contributed by atoms with Gasteiger partial charge < -0.3 is 19.5 Å². The summed E-state index contributed by atoms with van der Waals surface area (Å²) in [6.07, 6.45) is 0. The van der Waals surface area contributed by atoms with Crippen LogP contribution in [0.1, 0.15) is 40.1 Å². The van der Waals surface area contributed by atoms with E-state index < -0.39 is 0 Å². The van der Waals surface area contributed by atoms with Crippen molar-refractivity contribution in [3.63, 3.8) is 0 Å². The molecule has 0 fully saturated rings. The van der Waals surface area contributed by atoms with Crippen LogP contribution in [0.25, 0.3) is 0 Å². The summed E-state index contributed by atoms with van der Waals surface area (Å²) in [5.41, 5.74) is 2.31. The second-order valence-corrected chi connectivity index (χ2v) is 6.81. The third-order valence-corrected chi connectivity index (χ3v) is 4.60. The van der Waals surface area contributed by atoms with Gasteiger partial charge in [-0.25, -0.2) is 0 Å². The van der Waals surface area contributed by atoms with Gasteiger partial charge in [-0.1, -0.05) is 12.1 Å². The van der Waals surface area contributed by atoms with Gasteiger partial charge >= 0.3 is 0 Å². The Bertz CT molecular complexity index is 1060. The Labute approximate surface area is 181 Å². The number of carbonyl (C=O) groups is 2. The van der Waals surface area contributed by atoms with E-state index in [0.717, 1.165) is 11.3 Å². The van der Waals surface area contributed by atoms with Crippen LogP contribution in [0.3, 0.4) is 0 Å². The fourth-order valence-electron chi connectivity index (χ4n) is 2.98. The number of ketones is 1. The Hall–Kier alpha value is -3.80. The number of Topliss-reactive ketones (excluding diaryl/α,β-unsaturated/α-hetero) is 1. The fourth-order valence-corrected chi connectivity index (χ4v) is 2.98. The number of hydrogen-bond acceptors (Lipinski definition) is 5. The van der Waals surface area contributed by atoms with Crippen molar-refractivity contribution in [3.05, 3.63) is 83.4 Å². The normalized spacial score (nSPS) is 10.3. The Kier molecular flexibility index (Phi) is 7.27. The van der Waals surface area contributed by atoms with Crippen molar-refractivity contribution >= 4 is 17.4 Å². The second kappa shape index (κ2) is 10.3. The summed E-state index contributed by atoms with van der Waals surface area (Å²) in [7, 11) is 1.61. The summed E-state index contributed by atoms with van der Waals surface area (Å²) in [6, 6.07) is 19.3. The highest BCUT2D eigenvalue weighted by Crippen LogP contribution is 2.24. The van der Waals surface area contributed by atoms with Crippen LogP contribution in [-0.4, -0.2) is 25.4 Å². The molecule has 6 heteroatoms. The Morgan fingerprint density at radius 1 is 0.871 bits per heavy atom. The molecule has 0 aliphatic heterocycles. The zero-order valence-corrected chi connectivity index (χ0v) is 17.8. The number of benzene rings is 3. The molecule has 6 nitrogen and oxygen atoms in total. The summed E-state index contributed by atoms with van der Waals surface area (Å²) < 4.78 is 16.7. The first-order valence-corrected chi connectivity index (χ1v) is 9.95. The number of rotatable bonds is 9. The maximum Gasteiger partial charge on any atom is 0.255 e. The van der Waals surface area contributed by atoms with Gasteiger partial charge in [0.1, 0.15) is 23.9 Å². The van der Waals surface area contributed by atoms with Crippen molar-refractivity contribution in [1.29, 1.82) is 0 Å². The van der Waals surface area contributed by atoms with Crippen LogP contribution >= 0.6 is 0 Å². The molecule has 1 N–H and O–H groups in total. The predicted octanol–water partition coefficient (Wildman–Crippen LogP) is 5.13. The largest absolute Gasteiger partial charge is 0.497 e. The first-order valence-electron chi connectivity index (χ1n) is 9.95. The molecule has 3 aromatic carbocycles. The Morgan fingerprint density at radius 3 is 2.29 bits per heavy atom. The number of ether oxygens (including phenoxy) is 3. The average molecular weight is 419 g/mol. The highest BCUT2D eigenvalue weighted by molar-refractivity contribution is 6.05. The van der Waals surface area contributed by atoms with Crippen molar-refractivity contribution in [2.24, 2.45) is 0 Å². The highest BCUT2D eigenvalue weighted by Gasteiger charge is 2.12. The van der Waals surface area contributed by atoms with Crippen LogP contribution in [0.5, 0.6) is 17.2 Å². The summed E-state index contributed by atoms with van der Waals surface area (Å²) in [5.74, 6) is 1.74. The molecule has 3 aromatic rings. The second-order valence-electron chi connectivity index (χ2n) is 6.81. The van der Waals surface area contributed by atoms with E-state index >= 15 is 0 Å². The molecule has 160 valence electrons. The summed E-state index contributed by atoms with van der Waals surface area (Å²) >= 11 is 0.